The van der Waals surface area contributed by atoms with Gasteiger partial charge in [0, 0.05) is 18.6 Å². The zero-order chi connectivity index (χ0) is 14.9. The number of benzene rings is 1. The standard InChI is InChI=1S/C14H17F4NO/c1-2-12-9(5-6-20-12)13(19)8-3-4-11(15)10(7-8)14(16,17)18/h3-4,7,9,12-13H,2,5-6,19H2,1H3. The van der Waals surface area contributed by atoms with E-state index in [9.17, 15) is 17.6 Å². The highest BCUT2D eigenvalue weighted by atomic mass is 19.4. The van der Waals surface area contributed by atoms with Gasteiger partial charge in [-0.25, -0.2) is 4.39 Å². The van der Waals surface area contributed by atoms with E-state index in [1.54, 1.807) is 0 Å². The van der Waals surface area contributed by atoms with Crippen molar-refractivity contribution in [3.05, 3.63) is 35.1 Å². The molecule has 2 nitrogen and oxygen atoms in total. The minimum absolute atomic E-state index is 0.0356. The van der Waals surface area contributed by atoms with Gasteiger partial charge >= 0.3 is 6.18 Å². The van der Waals surface area contributed by atoms with Gasteiger partial charge < -0.3 is 10.5 Å². The number of rotatable bonds is 3. The molecule has 0 saturated carbocycles. The Hall–Kier alpha value is -1.14. The Kier molecular flexibility index (Phi) is 4.34. The maximum absolute atomic E-state index is 13.3. The van der Waals surface area contributed by atoms with Crippen molar-refractivity contribution >= 4 is 0 Å². The molecular formula is C14H17F4NO. The lowest BCUT2D eigenvalue weighted by molar-refractivity contribution is -0.140. The molecule has 0 spiro atoms. The van der Waals surface area contributed by atoms with Crippen LogP contribution in [-0.4, -0.2) is 12.7 Å². The highest BCUT2D eigenvalue weighted by Gasteiger charge is 2.37. The summed E-state index contributed by atoms with van der Waals surface area (Å²) in [4.78, 5) is 0. The van der Waals surface area contributed by atoms with Gasteiger partial charge in [0.2, 0.25) is 0 Å². The average Bonchev–Trinajstić information content (AvgIpc) is 2.85. The molecule has 1 aromatic rings. The number of hydrogen-bond acceptors (Lipinski definition) is 2. The number of alkyl halides is 3. The van der Waals surface area contributed by atoms with E-state index < -0.39 is 23.6 Å². The second-order valence-electron chi connectivity index (χ2n) is 5.03. The Morgan fingerprint density at radius 2 is 2.10 bits per heavy atom. The molecule has 2 rings (SSSR count). The highest BCUT2D eigenvalue weighted by molar-refractivity contribution is 5.30. The van der Waals surface area contributed by atoms with E-state index >= 15 is 0 Å². The van der Waals surface area contributed by atoms with E-state index in [0.717, 1.165) is 18.6 Å². The molecule has 1 heterocycles. The average molecular weight is 291 g/mol. The monoisotopic (exact) mass is 291 g/mol. The quantitative estimate of drug-likeness (QED) is 0.863. The van der Waals surface area contributed by atoms with Crippen molar-refractivity contribution in [3.63, 3.8) is 0 Å². The van der Waals surface area contributed by atoms with Gasteiger partial charge in [-0.05, 0) is 30.5 Å². The summed E-state index contributed by atoms with van der Waals surface area (Å²) >= 11 is 0. The molecule has 112 valence electrons. The summed E-state index contributed by atoms with van der Waals surface area (Å²) in [6, 6.07) is 2.38. The maximum Gasteiger partial charge on any atom is 0.419 e. The first-order valence-corrected chi connectivity index (χ1v) is 6.58. The summed E-state index contributed by atoms with van der Waals surface area (Å²) in [5.41, 5.74) is 5.09. The van der Waals surface area contributed by atoms with Crippen molar-refractivity contribution < 1.29 is 22.3 Å². The van der Waals surface area contributed by atoms with Crippen LogP contribution >= 0.6 is 0 Å². The van der Waals surface area contributed by atoms with Crippen LogP contribution in [0.5, 0.6) is 0 Å². The Balaban J connectivity index is 2.29. The number of nitrogens with two attached hydrogens (primary N) is 1. The van der Waals surface area contributed by atoms with Crippen LogP contribution in [0.3, 0.4) is 0 Å². The number of hydrogen-bond donors (Lipinski definition) is 1. The second kappa shape index (κ2) is 5.69. The lowest BCUT2D eigenvalue weighted by Gasteiger charge is -2.24. The molecule has 6 heteroatoms. The molecule has 0 bridgehead atoms. The molecule has 3 unspecified atom stereocenters. The molecule has 0 amide bonds. The van der Waals surface area contributed by atoms with Gasteiger partial charge in [-0.2, -0.15) is 13.2 Å². The molecule has 1 aliphatic rings. The SMILES string of the molecule is CCC1OCCC1C(N)c1ccc(F)c(C(F)(F)F)c1. The van der Waals surface area contributed by atoms with Crippen LogP contribution in [-0.2, 0) is 10.9 Å². The van der Waals surface area contributed by atoms with Gasteiger partial charge in [0.05, 0.1) is 11.7 Å². The molecule has 0 aliphatic carbocycles. The van der Waals surface area contributed by atoms with Gasteiger partial charge in [-0.15, -0.1) is 0 Å². The van der Waals surface area contributed by atoms with Gasteiger partial charge in [-0.3, -0.25) is 0 Å². The normalized spacial score (nSPS) is 24.9. The van der Waals surface area contributed by atoms with Crippen LogP contribution in [0.1, 0.15) is 36.9 Å². The van der Waals surface area contributed by atoms with Crippen molar-refractivity contribution in [3.8, 4) is 0 Å². The molecular weight excluding hydrogens is 274 g/mol. The van der Waals surface area contributed by atoms with Crippen molar-refractivity contribution in [2.75, 3.05) is 6.61 Å². The first kappa shape index (κ1) is 15.3. The van der Waals surface area contributed by atoms with E-state index in [-0.39, 0.29) is 12.0 Å². The molecule has 1 aromatic carbocycles. The van der Waals surface area contributed by atoms with Gasteiger partial charge in [-0.1, -0.05) is 13.0 Å². The molecule has 1 saturated heterocycles. The maximum atomic E-state index is 13.3. The van der Waals surface area contributed by atoms with E-state index in [1.807, 2.05) is 6.92 Å². The smallest absolute Gasteiger partial charge is 0.378 e. The van der Waals surface area contributed by atoms with Gasteiger partial charge in [0.1, 0.15) is 5.82 Å². The summed E-state index contributed by atoms with van der Waals surface area (Å²) in [5.74, 6) is -1.31. The summed E-state index contributed by atoms with van der Waals surface area (Å²) in [5, 5.41) is 0. The third-order valence-electron chi connectivity index (χ3n) is 3.81. The van der Waals surface area contributed by atoms with Crippen molar-refractivity contribution in [2.45, 2.75) is 38.1 Å². The van der Waals surface area contributed by atoms with Crippen LogP contribution < -0.4 is 5.73 Å². The largest absolute Gasteiger partial charge is 0.419 e. The molecule has 0 aromatic heterocycles. The summed E-state index contributed by atoms with van der Waals surface area (Å²) in [7, 11) is 0. The molecule has 2 N–H and O–H groups in total. The minimum Gasteiger partial charge on any atom is -0.378 e. The van der Waals surface area contributed by atoms with Crippen LogP contribution in [0.4, 0.5) is 17.6 Å². The van der Waals surface area contributed by atoms with Crippen LogP contribution in [0.15, 0.2) is 18.2 Å². The fourth-order valence-electron chi connectivity index (χ4n) is 2.71. The number of halogens is 4. The Morgan fingerprint density at radius 3 is 2.70 bits per heavy atom. The Bertz CT molecular complexity index is 475. The van der Waals surface area contributed by atoms with Crippen LogP contribution in [0, 0.1) is 11.7 Å². The predicted octanol–water partition coefficient (Wildman–Crippen LogP) is 3.66. The Morgan fingerprint density at radius 1 is 1.40 bits per heavy atom. The predicted molar refractivity (Wildman–Crippen MR) is 66.5 cm³/mol. The minimum atomic E-state index is -4.71. The molecule has 1 aliphatic heterocycles. The highest BCUT2D eigenvalue weighted by Crippen LogP contribution is 2.37. The summed E-state index contributed by atoms with van der Waals surface area (Å²) < 4.78 is 56.9. The first-order chi connectivity index (χ1) is 9.34. The Labute approximate surface area is 114 Å². The van der Waals surface area contributed by atoms with Gasteiger partial charge in [0.15, 0.2) is 0 Å². The van der Waals surface area contributed by atoms with Crippen LogP contribution in [0.2, 0.25) is 0 Å². The van der Waals surface area contributed by atoms with E-state index in [0.29, 0.717) is 18.6 Å². The molecule has 3 atom stereocenters. The zero-order valence-corrected chi connectivity index (χ0v) is 11.1. The third kappa shape index (κ3) is 2.96. The third-order valence-corrected chi connectivity index (χ3v) is 3.81. The molecule has 20 heavy (non-hydrogen) atoms. The second-order valence-corrected chi connectivity index (χ2v) is 5.03. The molecule has 1 fully saturated rings. The van der Waals surface area contributed by atoms with Crippen molar-refractivity contribution in [2.24, 2.45) is 11.7 Å². The summed E-state index contributed by atoms with van der Waals surface area (Å²) in [6.45, 7) is 2.51. The summed E-state index contributed by atoms with van der Waals surface area (Å²) in [6.07, 6.45) is -3.30. The topological polar surface area (TPSA) is 35.2 Å². The first-order valence-electron chi connectivity index (χ1n) is 6.58. The van der Waals surface area contributed by atoms with E-state index in [4.69, 9.17) is 10.5 Å². The van der Waals surface area contributed by atoms with E-state index in [1.165, 1.54) is 6.07 Å². The van der Waals surface area contributed by atoms with Crippen molar-refractivity contribution in [1.82, 2.24) is 0 Å². The van der Waals surface area contributed by atoms with Crippen LogP contribution in [0.25, 0.3) is 0 Å². The fourth-order valence-corrected chi connectivity index (χ4v) is 2.71. The fraction of sp³-hybridized carbons (Fsp3) is 0.571. The molecule has 0 radical (unpaired) electrons. The van der Waals surface area contributed by atoms with E-state index in [2.05, 4.69) is 0 Å². The van der Waals surface area contributed by atoms with Crippen molar-refractivity contribution in [1.29, 1.82) is 0 Å². The number of ether oxygens (including phenoxy) is 1. The lowest BCUT2D eigenvalue weighted by atomic mass is 9.87. The lowest BCUT2D eigenvalue weighted by Crippen LogP contribution is -2.28. The zero-order valence-electron chi connectivity index (χ0n) is 11.1. The van der Waals surface area contributed by atoms with Gasteiger partial charge in [0.25, 0.3) is 0 Å².